The monoisotopic (exact) mass is 351 g/mol. The lowest BCUT2D eigenvalue weighted by Crippen LogP contribution is -2.05. The first-order chi connectivity index (χ1) is 10.0. The van der Waals surface area contributed by atoms with Gasteiger partial charge in [-0.1, -0.05) is 15.9 Å². The third-order valence-electron chi connectivity index (χ3n) is 2.62. The first-order valence-corrected chi connectivity index (χ1v) is 6.60. The van der Waals surface area contributed by atoms with Gasteiger partial charge in [-0.25, -0.2) is 4.79 Å². The first-order valence-electron chi connectivity index (χ1n) is 5.81. The Morgan fingerprint density at radius 2 is 1.76 bits per heavy atom. The molecule has 0 saturated carbocycles. The van der Waals surface area contributed by atoms with Crippen molar-refractivity contribution in [3.05, 3.63) is 62.6 Å². The summed E-state index contributed by atoms with van der Waals surface area (Å²) in [6.07, 6.45) is 0. The summed E-state index contributed by atoms with van der Waals surface area (Å²) in [5, 5.41) is 10.9. The van der Waals surface area contributed by atoms with Gasteiger partial charge in [0.25, 0.3) is 5.69 Å². The maximum atomic E-state index is 11.6. The number of hydrogen-bond acceptors (Lipinski definition) is 5. The van der Waals surface area contributed by atoms with Crippen LogP contribution < -0.4 is 4.74 Å². The number of hydrogen-bond donors (Lipinski definition) is 0. The van der Waals surface area contributed by atoms with Crippen LogP contribution in [0.4, 0.5) is 5.69 Å². The predicted molar refractivity (Wildman–Crippen MR) is 78.7 cm³/mol. The van der Waals surface area contributed by atoms with Gasteiger partial charge in [0.15, 0.2) is 0 Å². The van der Waals surface area contributed by atoms with Crippen LogP contribution in [0.2, 0.25) is 0 Å². The molecule has 0 radical (unpaired) electrons. The van der Waals surface area contributed by atoms with Crippen molar-refractivity contribution in [2.45, 2.75) is 0 Å². The van der Waals surface area contributed by atoms with E-state index in [2.05, 4.69) is 20.7 Å². The second-order valence-corrected chi connectivity index (χ2v) is 4.90. The fourth-order valence-corrected chi connectivity index (χ4v) is 1.91. The van der Waals surface area contributed by atoms with Crippen molar-refractivity contribution in [2.75, 3.05) is 7.11 Å². The molecule has 2 aromatic rings. The van der Waals surface area contributed by atoms with Crippen molar-refractivity contribution in [3.8, 4) is 11.5 Å². The summed E-state index contributed by atoms with van der Waals surface area (Å²) in [6.45, 7) is 0. The highest BCUT2D eigenvalue weighted by atomic mass is 79.9. The number of esters is 1. The Kier molecular flexibility index (Phi) is 4.54. The van der Waals surface area contributed by atoms with Gasteiger partial charge in [-0.3, -0.25) is 10.1 Å². The standard InChI is InChI=1S/C14H10BrNO5/c1-20-14(17)12-8-11(6-7-13(12)16(18)19)21-10-4-2-9(15)3-5-10/h2-8H,1H3. The van der Waals surface area contributed by atoms with Crippen molar-refractivity contribution in [2.24, 2.45) is 0 Å². The van der Waals surface area contributed by atoms with Crippen LogP contribution in [0.15, 0.2) is 46.9 Å². The maximum Gasteiger partial charge on any atom is 0.345 e. The highest BCUT2D eigenvalue weighted by molar-refractivity contribution is 9.10. The lowest BCUT2D eigenvalue weighted by atomic mass is 10.1. The van der Waals surface area contributed by atoms with E-state index in [1.54, 1.807) is 24.3 Å². The molecule has 0 N–H and O–H groups in total. The van der Waals surface area contributed by atoms with Crippen molar-refractivity contribution in [1.29, 1.82) is 0 Å². The molecule has 0 aliphatic rings. The number of nitro benzene ring substituents is 1. The average Bonchev–Trinajstić information content (AvgIpc) is 2.48. The van der Waals surface area contributed by atoms with E-state index in [0.29, 0.717) is 11.5 Å². The van der Waals surface area contributed by atoms with E-state index >= 15 is 0 Å². The molecule has 108 valence electrons. The molecule has 0 atom stereocenters. The number of carbonyl (C=O) groups excluding carboxylic acids is 1. The zero-order chi connectivity index (χ0) is 15.4. The summed E-state index contributed by atoms with van der Waals surface area (Å²) in [4.78, 5) is 21.9. The van der Waals surface area contributed by atoms with Gasteiger partial charge in [0.05, 0.1) is 12.0 Å². The fourth-order valence-electron chi connectivity index (χ4n) is 1.65. The second-order valence-electron chi connectivity index (χ2n) is 3.98. The number of halogens is 1. The minimum absolute atomic E-state index is 0.155. The third-order valence-corrected chi connectivity index (χ3v) is 3.15. The maximum absolute atomic E-state index is 11.6. The van der Waals surface area contributed by atoms with E-state index < -0.39 is 10.9 Å². The largest absolute Gasteiger partial charge is 0.465 e. The number of ether oxygens (including phenoxy) is 2. The molecule has 2 rings (SSSR count). The van der Waals surface area contributed by atoms with Crippen molar-refractivity contribution in [3.63, 3.8) is 0 Å². The van der Waals surface area contributed by atoms with Gasteiger partial charge in [0.2, 0.25) is 0 Å². The molecule has 0 unspecified atom stereocenters. The predicted octanol–water partition coefficient (Wildman–Crippen LogP) is 3.94. The van der Waals surface area contributed by atoms with Crippen LogP contribution in [0.1, 0.15) is 10.4 Å². The van der Waals surface area contributed by atoms with Gasteiger partial charge in [-0.05, 0) is 30.3 Å². The van der Waals surface area contributed by atoms with E-state index in [9.17, 15) is 14.9 Å². The molecule has 6 nitrogen and oxygen atoms in total. The van der Waals surface area contributed by atoms with Crippen LogP contribution in [0.5, 0.6) is 11.5 Å². The van der Waals surface area contributed by atoms with Crippen LogP contribution in [0.3, 0.4) is 0 Å². The highest BCUT2D eigenvalue weighted by Gasteiger charge is 2.21. The molecule has 7 heteroatoms. The molecular formula is C14H10BrNO5. The first kappa shape index (κ1) is 15.0. The minimum Gasteiger partial charge on any atom is -0.465 e. The van der Waals surface area contributed by atoms with Gasteiger partial charge in [-0.2, -0.15) is 0 Å². The zero-order valence-electron chi connectivity index (χ0n) is 10.9. The van der Waals surface area contributed by atoms with Crippen molar-refractivity contribution < 1.29 is 19.2 Å². The van der Waals surface area contributed by atoms with Crippen LogP contribution in [-0.2, 0) is 4.74 Å². The Bertz CT molecular complexity index is 684. The summed E-state index contributed by atoms with van der Waals surface area (Å²) in [7, 11) is 1.16. The molecule has 0 fully saturated rings. The summed E-state index contributed by atoms with van der Waals surface area (Å²) in [6, 6.07) is 11.0. The Balaban J connectivity index is 2.35. The quantitative estimate of drug-likeness (QED) is 0.473. The number of carbonyl (C=O) groups is 1. The Labute approximate surface area is 128 Å². The molecule has 0 amide bonds. The smallest absolute Gasteiger partial charge is 0.345 e. The summed E-state index contributed by atoms with van der Waals surface area (Å²) in [5.74, 6) is 0.0640. The Morgan fingerprint density at radius 3 is 2.33 bits per heavy atom. The Morgan fingerprint density at radius 1 is 1.14 bits per heavy atom. The molecule has 0 spiro atoms. The molecular weight excluding hydrogens is 342 g/mol. The normalized spacial score (nSPS) is 10.0. The molecule has 0 aliphatic heterocycles. The summed E-state index contributed by atoms with van der Waals surface area (Å²) < 4.78 is 11.0. The third kappa shape index (κ3) is 3.57. The van der Waals surface area contributed by atoms with Gasteiger partial charge in [-0.15, -0.1) is 0 Å². The summed E-state index contributed by atoms with van der Waals surface area (Å²) in [5.41, 5.74) is -0.484. The fraction of sp³-hybridized carbons (Fsp3) is 0.0714. The van der Waals surface area contributed by atoms with Crippen molar-refractivity contribution in [1.82, 2.24) is 0 Å². The molecule has 2 aromatic carbocycles. The number of nitrogens with zero attached hydrogens (tertiary/aromatic N) is 1. The van der Waals surface area contributed by atoms with E-state index in [1.807, 2.05) is 0 Å². The number of nitro groups is 1. The lowest BCUT2D eigenvalue weighted by Gasteiger charge is -2.07. The number of rotatable bonds is 4. The average molecular weight is 352 g/mol. The minimum atomic E-state index is -0.789. The highest BCUT2D eigenvalue weighted by Crippen LogP contribution is 2.28. The Hall–Kier alpha value is -2.41. The van der Waals surface area contributed by atoms with Crippen LogP contribution in [0.25, 0.3) is 0 Å². The molecule has 0 aromatic heterocycles. The van der Waals surface area contributed by atoms with Crippen LogP contribution in [-0.4, -0.2) is 18.0 Å². The molecule has 0 heterocycles. The van der Waals surface area contributed by atoms with E-state index in [4.69, 9.17) is 4.74 Å². The van der Waals surface area contributed by atoms with E-state index in [0.717, 1.165) is 11.6 Å². The topological polar surface area (TPSA) is 78.7 Å². The van der Waals surface area contributed by atoms with Gasteiger partial charge in [0.1, 0.15) is 17.1 Å². The number of benzene rings is 2. The van der Waals surface area contributed by atoms with Crippen LogP contribution in [0, 0.1) is 10.1 Å². The molecule has 21 heavy (non-hydrogen) atoms. The van der Waals surface area contributed by atoms with E-state index in [-0.39, 0.29) is 11.3 Å². The molecule has 0 aliphatic carbocycles. The zero-order valence-corrected chi connectivity index (χ0v) is 12.5. The number of methoxy groups -OCH3 is 1. The van der Waals surface area contributed by atoms with E-state index in [1.165, 1.54) is 18.2 Å². The van der Waals surface area contributed by atoms with Gasteiger partial charge < -0.3 is 9.47 Å². The second kappa shape index (κ2) is 6.36. The SMILES string of the molecule is COC(=O)c1cc(Oc2ccc(Br)cc2)ccc1[N+](=O)[O-]. The van der Waals surface area contributed by atoms with Gasteiger partial charge in [0, 0.05) is 16.6 Å². The van der Waals surface area contributed by atoms with Crippen LogP contribution >= 0.6 is 15.9 Å². The van der Waals surface area contributed by atoms with Gasteiger partial charge >= 0.3 is 5.97 Å². The summed E-state index contributed by atoms with van der Waals surface area (Å²) >= 11 is 3.30. The van der Waals surface area contributed by atoms with Crippen molar-refractivity contribution >= 4 is 27.6 Å². The molecule has 0 bridgehead atoms. The molecule has 0 saturated heterocycles. The lowest BCUT2D eigenvalue weighted by molar-refractivity contribution is -0.385.